The number of carbonyl (C=O) groups is 1. The standard InChI is InChI=1S/C11H17ClN2O2/c1-7-9(16-8(2)13-7)10(15)14(5)11(3,4)6-12/h6H2,1-5H3. The minimum absolute atomic E-state index is 0.191. The van der Waals surface area contributed by atoms with Crippen molar-refractivity contribution in [3.05, 3.63) is 17.3 Å². The van der Waals surface area contributed by atoms with Crippen LogP contribution in [0.4, 0.5) is 0 Å². The highest BCUT2D eigenvalue weighted by Crippen LogP contribution is 2.19. The summed E-state index contributed by atoms with van der Waals surface area (Å²) in [5, 5.41) is 0. The first-order valence-electron chi connectivity index (χ1n) is 5.07. The van der Waals surface area contributed by atoms with Crippen LogP contribution < -0.4 is 0 Å². The first kappa shape index (κ1) is 13.0. The molecule has 0 atom stereocenters. The van der Waals surface area contributed by atoms with Gasteiger partial charge in [0.15, 0.2) is 5.89 Å². The van der Waals surface area contributed by atoms with E-state index in [1.54, 1.807) is 25.8 Å². The number of aromatic nitrogens is 1. The Morgan fingerprint density at radius 1 is 1.50 bits per heavy atom. The second-order valence-electron chi connectivity index (χ2n) is 4.46. The van der Waals surface area contributed by atoms with Crippen LogP contribution in [0.15, 0.2) is 4.42 Å². The Bertz CT molecular complexity index is 399. The molecule has 0 aliphatic heterocycles. The zero-order valence-corrected chi connectivity index (χ0v) is 11.1. The SMILES string of the molecule is Cc1nc(C)c(C(=O)N(C)C(C)(C)CCl)o1. The monoisotopic (exact) mass is 244 g/mol. The van der Waals surface area contributed by atoms with Crippen molar-refractivity contribution in [2.75, 3.05) is 12.9 Å². The van der Waals surface area contributed by atoms with Crippen LogP contribution >= 0.6 is 11.6 Å². The molecule has 0 saturated heterocycles. The summed E-state index contributed by atoms with van der Waals surface area (Å²) in [6.45, 7) is 7.27. The highest BCUT2D eigenvalue weighted by Gasteiger charge is 2.30. The first-order valence-corrected chi connectivity index (χ1v) is 5.61. The number of alkyl halides is 1. The van der Waals surface area contributed by atoms with Gasteiger partial charge in [0.25, 0.3) is 5.91 Å². The Morgan fingerprint density at radius 3 is 2.44 bits per heavy atom. The van der Waals surface area contributed by atoms with E-state index in [9.17, 15) is 4.79 Å². The summed E-state index contributed by atoms with van der Waals surface area (Å²) in [7, 11) is 1.71. The van der Waals surface area contributed by atoms with Crippen molar-refractivity contribution >= 4 is 17.5 Å². The van der Waals surface area contributed by atoms with Gasteiger partial charge < -0.3 is 9.32 Å². The van der Waals surface area contributed by atoms with Gasteiger partial charge in [-0.05, 0) is 20.8 Å². The van der Waals surface area contributed by atoms with Gasteiger partial charge in [-0.1, -0.05) is 0 Å². The number of nitrogens with zero attached hydrogens (tertiary/aromatic N) is 2. The van der Waals surface area contributed by atoms with E-state index in [1.807, 2.05) is 13.8 Å². The van der Waals surface area contributed by atoms with E-state index in [1.165, 1.54) is 0 Å². The number of hydrogen-bond acceptors (Lipinski definition) is 3. The maximum absolute atomic E-state index is 12.1. The lowest BCUT2D eigenvalue weighted by molar-refractivity contribution is 0.0625. The van der Waals surface area contributed by atoms with Crippen molar-refractivity contribution < 1.29 is 9.21 Å². The van der Waals surface area contributed by atoms with Crippen LogP contribution in [0.3, 0.4) is 0 Å². The van der Waals surface area contributed by atoms with Gasteiger partial charge in [-0.2, -0.15) is 0 Å². The van der Waals surface area contributed by atoms with Gasteiger partial charge in [0.05, 0.1) is 11.2 Å². The van der Waals surface area contributed by atoms with Gasteiger partial charge in [-0.15, -0.1) is 11.6 Å². The molecular weight excluding hydrogens is 228 g/mol. The molecule has 4 nitrogen and oxygen atoms in total. The van der Waals surface area contributed by atoms with Crippen molar-refractivity contribution in [1.82, 2.24) is 9.88 Å². The lowest BCUT2D eigenvalue weighted by atomic mass is 10.1. The molecule has 1 amide bonds. The molecule has 0 bridgehead atoms. The van der Waals surface area contributed by atoms with E-state index in [2.05, 4.69) is 4.98 Å². The van der Waals surface area contributed by atoms with Crippen molar-refractivity contribution in [1.29, 1.82) is 0 Å². The third kappa shape index (κ3) is 2.38. The fourth-order valence-corrected chi connectivity index (χ4v) is 1.43. The smallest absolute Gasteiger partial charge is 0.291 e. The van der Waals surface area contributed by atoms with Gasteiger partial charge in [0.2, 0.25) is 5.76 Å². The van der Waals surface area contributed by atoms with Crippen LogP contribution in [0.1, 0.15) is 36.0 Å². The highest BCUT2D eigenvalue weighted by atomic mass is 35.5. The Hall–Kier alpha value is -1.03. The second kappa shape index (κ2) is 4.45. The molecular formula is C11H17ClN2O2. The Kier molecular flexibility index (Phi) is 3.63. The zero-order valence-electron chi connectivity index (χ0n) is 10.3. The van der Waals surface area contributed by atoms with Gasteiger partial charge in [-0.3, -0.25) is 4.79 Å². The number of carbonyl (C=O) groups excluding carboxylic acids is 1. The Balaban J connectivity index is 2.99. The lowest BCUT2D eigenvalue weighted by Gasteiger charge is -2.33. The molecule has 0 aliphatic rings. The number of rotatable bonds is 3. The van der Waals surface area contributed by atoms with E-state index in [0.29, 0.717) is 17.5 Å². The topological polar surface area (TPSA) is 46.3 Å². The fraction of sp³-hybridized carbons (Fsp3) is 0.636. The van der Waals surface area contributed by atoms with Crippen LogP contribution in [-0.2, 0) is 0 Å². The van der Waals surface area contributed by atoms with Crippen LogP contribution in [0.2, 0.25) is 0 Å². The predicted octanol–water partition coefficient (Wildman–Crippen LogP) is 2.38. The number of amides is 1. The molecule has 0 saturated carbocycles. The van der Waals surface area contributed by atoms with E-state index in [0.717, 1.165) is 0 Å². The normalized spacial score (nSPS) is 11.6. The van der Waals surface area contributed by atoms with Crippen LogP contribution in [-0.4, -0.2) is 34.3 Å². The van der Waals surface area contributed by atoms with Gasteiger partial charge in [0, 0.05) is 19.9 Å². The summed E-state index contributed by atoms with van der Waals surface area (Å²) >= 11 is 5.82. The summed E-state index contributed by atoms with van der Waals surface area (Å²) in [6, 6.07) is 0. The van der Waals surface area contributed by atoms with Gasteiger partial charge in [0.1, 0.15) is 0 Å². The molecule has 1 heterocycles. The maximum Gasteiger partial charge on any atom is 0.291 e. The highest BCUT2D eigenvalue weighted by molar-refractivity contribution is 6.18. The summed E-state index contributed by atoms with van der Waals surface area (Å²) in [5.74, 6) is 0.960. The summed E-state index contributed by atoms with van der Waals surface area (Å²) in [6.07, 6.45) is 0. The Labute approximate surface area is 101 Å². The lowest BCUT2D eigenvalue weighted by Crippen LogP contribution is -2.46. The Morgan fingerprint density at radius 2 is 2.06 bits per heavy atom. The molecule has 0 spiro atoms. The molecule has 0 unspecified atom stereocenters. The van der Waals surface area contributed by atoms with Crippen LogP contribution in [0.25, 0.3) is 0 Å². The third-order valence-corrected chi connectivity index (χ3v) is 3.29. The third-order valence-electron chi connectivity index (χ3n) is 2.64. The van der Waals surface area contributed by atoms with E-state index in [-0.39, 0.29) is 11.7 Å². The molecule has 0 fully saturated rings. The summed E-state index contributed by atoms with van der Waals surface area (Å²) in [4.78, 5) is 17.8. The zero-order chi connectivity index (χ0) is 12.5. The van der Waals surface area contributed by atoms with E-state index < -0.39 is 5.54 Å². The summed E-state index contributed by atoms with van der Waals surface area (Å²) < 4.78 is 5.29. The molecule has 90 valence electrons. The predicted molar refractivity (Wildman–Crippen MR) is 62.9 cm³/mol. The molecule has 1 aromatic rings. The van der Waals surface area contributed by atoms with E-state index in [4.69, 9.17) is 16.0 Å². The quantitative estimate of drug-likeness (QED) is 0.767. The minimum atomic E-state index is -0.411. The van der Waals surface area contributed by atoms with Crippen molar-refractivity contribution in [2.24, 2.45) is 0 Å². The van der Waals surface area contributed by atoms with Crippen molar-refractivity contribution in [3.63, 3.8) is 0 Å². The second-order valence-corrected chi connectivity index (χ2v) is 4.72. The molecule has 0 N–H and O–H groups in total. The number of oxazole rings is 1. The van der Waals surface area contributed by atoms with E-state index >= 15 is 0 Å². The molecule has 16 heavy (non-hydrogen) atoms. The average molecular weight is 245 g/mol. The van der Waals surface area contributed by atoms with Crippen LogP contribution in [0, 0.1) is 13.8 Å². The van der Waals surface area contributed by atoms with Gasteiger partial charge in [-0.25, -0.2) is 4.98 Å². The first-order chi connectivity index (χ1) is 7.29. The average Bonchev–Trinajstić information content (AvgIpc) is 2.55. The van der Waals surface area contributed by atoms with Crippen LogP contribution in [0.5, 0.6) is 0 Å². The number of halogens is 1. The molecule has 1 aromatic heterocycles. The maximum atomic E-state index is 12.1. The number of hydrogen-bond donors (Lipinski definition) is 0. The van der Waals surface area contributed by atoms with Gasteiger partial charge >= 0.3 is 0 Å². The largest absolute Gasteiger partial charge is 0.436 e. The minimum Gasteiger partial charge on any atom is -0.436 e. The molecule has 0 radical (unpaired) electrons. The molecule has 5 heteroatoms. The molecule has 1 rings (SSSR count). The van der Waals surface area contributed by atoms with Crippen molar-refractivity contribution in [3.8, 4) is 0 Å². The molecule has 0 aliphatic carbocycles. The number of aryl methyl sites for hydroxylation is 2. The molecule has 0 aromatic carbocycles. The fourth-order valence-electron chi connectivity index (χ4n) is 1.25. The summed E-state index contributed by atoms with van der Waals surface area (Å²) in [5.41, 5.74) is 0.200. The van der Waals surface area contributed by atoms with Crippen molar-refractivity contribution in [2.45, 2.75) is 33.2 Å².